The molecule has 8 nitrogen and oxygen atoms in total. The number of aliphatic carboxylic acids is 1. The van der Waals surface area contributed by atoms with Crippen LogP contribution in [0.15, 0.2) is 29.5 Å². The molecule has 28 heavy (non-hydrogen) atoms. The van der Waals surface area contributed by atoms with Gasteiger partial charge in [0.15, 0.2) is 0 Å². The number of hydrogen-bond donors (Lipinski definition) is 4. The van der Waals surface area contributed by atoms with Crippen molar-refractivity contribution in [2.45, 2.75) is 42.9 Å². The Morgan fingerprint density at radius 2 is 2.21 bits per heavy atom. The van der Waals surface area contributed by atoms with Crippen LogP contribution in [-0.2, 0) is 10.2 Å². The second kappa shape index (κ2) is 5.27. The Labute approximate surface area is 162 Å². The third-order valence-electron chi connectivity index (χ3n) is 7.60. The molecule has 4 aliphatic rings. The van der Waals surface area contributed by atoms with Crippen LogP contribution in [0.4, 0.5) is 5.69 Å². The summed E-state index contributed by atoms with van der Waals surface area (Å²) in [5, 5.41) is 48.8. The summed E-state index contributed by atoms with van der Waals surface area (Å²) in [6, 6.07) is 5.18. The van der Waals surface area contributed by atoms with Gasteiger partial charge in [0.1, 0.15) is 23.9 Å². The number of anilines is 1. The lowest BCUT2D eigenvalue weighted by atomic mass is 9.58. The number of carboxylic acids is 1. The lowest BCUT2D eigenvalue weighted by molar-refractivity contribution is -0.909. The zero-order valence-electron chi connectivity index (χ0n) is 15.8. The SMILES string of the molecule is COc1cccc2c1NC1=C(C(=O)O)[C@H]3C[C@H]4[C@]12CC[N+]4([O-])C[C@@]3(O)[C@H](C)O. The molecule has 4 N–H and O–H groups in total. The molecule has 3 aliphatic heterocycles. The van der Waals surface area contributed by atoms with Gasteiger partial charge in [-0.05, 0) is 18.6 Å². The minimum Gasteiger partial charge on any atom is -0.632 e. The van der Waals surface area contributed by atoms with Crippen LogP contribution in [0.3, 0.4) is 0 Å². The number of ether oxygens (including phenoxy) is 1. The first-order chi connectivity index (χ1) is 13.2. The molecule has 5 rings (SSSR count). The fourth-order valence-electron chi connectivity index (χ4n) is 6.35. The number of rotatable bonds is 3. The van der Waals surface area contributed by atoms with Crippen molar-refractivity contribution >= 4 is 11.7 Å². The molecule has 1 spiro atoms. The Morgan fingerprint density at radius 1 is 1.46 bits per heavy atom. The van der Waals surface area contributed by atoms with E-state index in [1.807, 2.05) is 12.1 Å². The molecular weight excluding hydrogens is 364 g/mol. The summed E-state index contributed by atoms with van der Waals surface area (Å²) in [7, 11) is 1.55. The van der Waals surface area contributed by atoms with E-state index in [1.54, 1.807) is 13.2 Å². The van der Waals surface area contributed by atoms with Crippen LogP contribution in [0.2, 0.25) is 0 Å². The van der Waals surface area contributed by atoms with Gasteiger partial charge in [-0.1, -0.05) is 12.1 Å². The van der Waals surface area contributed by atoms with E-state index in [-0.39, 0.29) is 25.1 Å². The first-order valence-electron chi connectivity index (χ1n) is 9.59. The van der Waals surface area contributed by atoms with Crippen LogP contribution in [0, 0.1) is 11.1 Å². The third-order valence-corrected chi connectivity index (χ3v) is 7.60. The number of benzene rings is 1. The Hall–Kier alpha value is -2.13. The van der Waals surface area contributed by atoms with Crippen molar-refractivity contribution in [3.05, 3.63) is 40.2 Å². The summed E-state index contributed by atoms with van der Waals surface area (Å²) >= 11 is 0. The van der Waals surface area contributed by atoms with Crippen molar-refractivity contribution in [3.63, 3.8) is 0 Å². The number of aliphatic hydroxyl groups excluding tert-OH is 1. The standard InChI is InChI=1S/C20H24N2O6/c1-10(23)20(26)9-22(27)7-6-19-11-4-3-5-13(28-2)16(11)21-17(19)15(18(24)25)12(20)8-14(19)22/h3-5,10,12,14,21,23,26H,6-9H2,1-2H3,(H,24,25)/t10-,12+,14-,19+,20+,22?/m0/s1. The largest absolute Gasteiger partial charge is 0.632 e. The molecule has 0 radical (unpaired) electrons. The molecule has 2 saturated heterocycles. The van der Waals surface area contributed by atoms with Crippen molar-refractivity contribution in [2.75, 3.05) is 25.5 Å². The molecule has 8 heteroatoms. The van der Waals surface area contributed by atoms with Gasteiger partial charge < -0.3 is 35.2 Å². The van der Waals surface area contributed by atoms with Gasteiger partial charge in [-0.3, -0.25) is 0 Å². The number of hydroxylamine groups is 3. The Morgan fingerprint density at radius 3 is 2.86 bits per heavy atom. The van der Waals surface area contributed by atoms with Crippen molar-refractivity contribution < 1.29 is 29.5 Å². The number of nitrogens with one attached hydrogen (secondary N) is 1. The first-order valence-corrected chi connectivity index (χ1v) is 9.59. The molecule has 2 fully saturated rings. The fourth-order valence-corrected chi connectivity index (χ4v) is 6.35. The summed E-state index contributed by atoms with van der Waals surface area (Å²) in [6.45, 7) is 1.49. The monoisotopic (exact) mass is 388 g/mol. The molecule has 0 amide bonds. The molecule has 3 heterocycles. The predicted molar refractivity (Wildman–Crippen MR) is 99.5 cm³/mol. The van der Waals surface area contributed by atoms with Gasteiger partial charge in [0.2, 0.25) is 0 Å². The van der Waals surface area contributed by atoms with Crippen LogP contribution in [-0.4, -0.2) is 63.9 Å². The van der Waals surface area contributed by atoms with E-state index in [0.29, 0.717) is 23.6 Å². The number of nitrogens with zero attached hydrogens (tertiary/aromatic N) is 1. The second-order valence-electron chi connectivity index (χ2n) is 8.63. The number of piperidine rings is 1. The maximum absolute atomic E-state index is 13.8. The number of carbonyl (C=O) groups is 1. The number of carboxylic acid groups (broad SMARTS) is 1. The summed E-state index contributed by atoms with van der Waals surface area (Å²) in [5.41, 5.74) is -0.365. The van der Waals surface area contributed by atoms with Crippen molar-refractivity contribution in [2.24, 2.45) is 5.92 Å². The van der Waals surface area contributed by atoms with Gasteiger partial charge in [0, 0.05) is 24.5 Å². The lowest BCUT2D eigenvalue weighted by Crippen LogP contribution is -2.71. The second-order valence-corrected chi connectivity index (χ2v) is 8.63. The maximum Gasteiger partial charge on any atom is 0.333 e. The highest BCUT2D eigenvalue weighted by Crippen LogP contribution is 2.65. The third kappa shape index (κ3) is 1.82. The van der Waals surface area contributed by atoms with Crippen molar-refractivity contribution in [3.8, 4) is 5.75 Å². The number of quaternary nitrogens is 1. The van der Waals surface area contributed by atoms with Crippen LogP contribution >= 0.6 is 0 Å². The van der Waals surface area contributed by atoms with Crippen LogP contribution < -0.4 is 10.1 Å². The zero-order chi connectivity index (χ0) is 20.1. The minimum absolute atomic E-state index is 0.0750. The molecule has 2 bridgehead atoms. The molecule has 150 valence electrons. The average Bonchev–Trinajstić information content (AvgIpc) is 3.14. The number of hydrogen-bond acceptors (Lipinski definition) is 6. The molecule has 1 aromatic rings. The summed E-state index contributed by atoms with van der Waals surface area (Å²) in [4.78, 5) is 12.4. The van der Waals surface area contributed by atoms with E-state index in [0.717, 1.165) is 5.56 Å². The highest BCUT2D eigenvalue weighted by molar-refractivity contribution is 5.93. The van der Waals surface area contributed by atoms with Gasteiger partial charge in [-0.2, -0.15) is 0 Å². The zero-order valence-corrected chi connectivity index (χ0v) is 15.8. The smallest absolute Gasteiger partial charge is 0.333 e. The van der Waals surface area contributed by atoms with E-state index < -0.39 is 39.7 Å². The lowest BCUT2D eigenvalue weighted by Gasteiger charge is -2.60. The van der Waals surface area contributed by atoms with Crippen molar-refractivity contribution in [1.82, 2.24) is 0 Å². The molecule has 6 atom stereocenters. The molecule has 0 saturated carbocycles. The highest BCUT2D eigenvalue weighted by atomic mass is 16.6. The van der Waals surface area contributed by atoms with Gasteiger partial charge in [-0.15, -0.1) is 0 Å². The van der Waals surface area contributed by atoms with Gasteiger partial charge in [-0.25, -0.2) is 4.79 Å². The van der Waals surface area contributed by atoms with E-state index in [4.69, 9.17) is 4.74 Å². The quantitative estimate of drug-likeness (QED) is 0.449. The Bertz CT molecular complexity index is 929. The Kier molecular flexibility index (Phi) is 3.37. The topological polar surface area (TPSA) is 122 Å². The van der Waals surface area contributed by atoms with Crippen LogP contribution in [0.25, 0.3) is 0 Å². The molecule has 1 unspecified atom stereocenters. The fraction of sp³-hybridized carbons (Fsp3) is 0.550. The molecule has 1 aliphatic carbocycles. The normalized spacial score (nSPS) is 41.2. The summed E-state index contributed by atoms with van der Waals surface area (Å²) in [6.07, 6.45) is -0.499. The summed E-state index contributed by atoms with van der Waals surface area (Å²) in [5.74, 6) is -1.35. The molecule has 1 aromatic carbocycles. The van der Waals surface area contributed by atoms with Gasteiger partial charge in [0.05, 0.1) is 36.4 Å². The van der Waals surface area contributed by atoms with E-state index in [2.05, 4.69) is 5.32 Å². The van der Waals surface area contributed by atoms with Gasteiger partial charge >= 0.3 is 5.97 Å². The molecular formula is C20H24N2O6. The minimum atomic E-state index is -1.78. The van der Waals surface area contributed by atoms with Crippen LogP contribution in [0.5, 0.6) is 5.75 Å². The maximum atomic E-state index is 13.8. The highest BCUT2D eigenvalue weighted by Gasteiger charge is 2.71. The Balaban J connectivity index is 1.84. The van der Waals surface area contributed by atoms with E-state index in [1.165, 1.54) is 6.92 Å². The van der Waals surface area contributed by atoms with Crippen LogP contribution in [0.1, 0.15) is 25.3 Å². The summed E-state index contributed by atoms with van der Waals surface area (Å²) < 4.78 is 4.85. The van der Waals surface area contributed by atoms with E-state index in [9.17, 15) is 25.3 Å². The van der Waals surface area contributed by atoms with Gasteiger partial charge in [0.25, 0.3) is 0 Å². The number of aliphatic hydroxyl groups is 2. The average molecular weight is 388 g/mol. The predicted octanol–water partition coefficient (Wildman–Crippen LogP) is 0.929. The van der Waals surface area contributed by atoms with E-state index >= 15 is 0 Å². The number of para-hydroxylation sites is 1. The van der Waals surface area contributed by atoms with Crippen molar-refractivity contribution in [1.29, 1.82) is 0 Å². The first kappa shape index (κ1) is 17.9. The number of methoxy groups -OCH3 is 1. The molecule has 0 aromatic heterocycles. The number of fused-ring (bicyclic) bond motifs is 2.